The Morgan fingerprint density at radius 1 is 0.944 bits per heavy atom. The van der Waals surface area contributed by atoms with Crippen LogP contribution in [-0.2, 0) is 26.8 Å². The van der Waals surface area contributed by atoms with Gasteiger partial charge in [0.25, 0.3) is 10.0 Å². The summed E-state index contributed by atoms with van der Waals surface area (Å²) >= 11 is 0. The number of aromatic nitrogens is 1. The average Bonchev–Trinajstić information content (AvgIpc) is 2.85. The molecular weight excluding hydrogens is 472 g/mol. The highest BCUT2D eigenvalue weighted by atomic mass is 32.2. The number of likely N-dealkylation sites (N-methyl/N-ethyl adjacent to an activating group) is 1. The fourth-order valence-corrected chi connectivity index (χ4v) is 5.21. The summed E-state index contributed by atoms with van der Waals surface area (Å²) in [5.74, 6) is -0.286. The molecule has 192 valence electrons. The van der Waals surface area contributed by atoms with E-state index in [1.807, 2.05) is 56.3 Å². The lowest BCUT2D eigenvalue weighted by atomic mass is 9.87. The van der Waals surface area contributed by atoms with Crippen molar-refractivity contribution in [3.05, 3.63) is 84.2 Å². The first kappa shape index (κ1) is 27.2. The molecule has 0 atom stereocenters. The van der Waals surface area contributed by atoms with Crippen LogP contribution >= 0.6 is 0 Å². The van der Waals surface area contributed by atoms with E-state index in [4.69, 9.17) is 0 Å². The molecule has 0 bridgehead atoms. The van der Waals surface area contributed by atoms with Crippen LogP contribution in [0.25, 0.3) is 0 Å². The van der Waals surface area contributed by atoms with Crippen LogP contribution in [0, 0.1) is 0 Å². The molecule has 0 N–H and O–H groups in total. The molecule has 0 aliphatic heterocycles. The van der Waals surface area contributed by atoms with E-state index in [0.717, 1.165) is 16.8 Å². The van der Waals surface area contributed by atoms with Crippen molar-refractivity contribution in [2.75, 3.05) is 36.4 Å². The van der Waals surface area contributed by atoms with Gasteiger partial charge in [-0.25, -0.2) is 8.42 Å². The molecule has 0 saturated heterocycles. The molecule has 36 heavy (non-hydrogen) atoms. The molecule has 1 heterocycles. The van der Waals surface area contributed by atoms with Crippen LogP contribution in [0.4, 0.5) is 11.4 Å². The number of carbonyl (C=O) groups excluding carboxylic acids is 1. The van der Waals surface area contributed by atoms with Gasteiger partial charge in [0, 0.05) is 45.3 Å². The molecule has 0 aliphatic rings. The van der Waals surface area contributed by atoms with E-state index in [9.17, 15) is 13.2 Å². The van der Waals surface area contributed by atoms with E-state index in [0.29, 0.717) is 18.8 Å². The Hall–Kier alpha value is -3.39. The number of hydrogen-bond acceptors (Lipinski definition) is 5. The molecular formula is C28H36N4O3S. The zero-order valence-corrected chi connectivity index (χ0v) is 22.8. The summed E-state index contributed by atoms with van der Waals surface area (Å²) in [5, 5.41) is 0. The smallest absolute Gasteiger partial charge is 0.264 e. The highest BCUT2D eigenvalue weighted by Gasteiger charge is 2.29. The highest BCUT2D eigenvalue weighted by Crippen LogP contribution is 2.29. The van der Waals surface area contributed by atoms with Gasteiger partial charge >= 0.3 is 0 Å². The zero-order valence-electron chi connectivity index (χ0n) is 22.0. The van der Waals surface area contributed by atoms with E-state index >= 15 is 0 Å². The minimum atomic E-state index is -4.01. The molecule has 8 heteroatoms. The van der Waals surface area contributed by atoms with Gasteiger partial charge in [-0.2, -0.15) is 0 Å². The van der Waals surface area contributed by atoms with Crippen LogP contribution in [-0.4, -0.2) is 51.4 Å². The first-order valence-electron chi connectivity index (χ1n) is 12.0. The van der Waals surface area contributed by atoms with Gasteiger partial charge in [0.2, 0.25) is 5.91 Å². The van der Waals surface area contributed by atoms with Gasteiger partial charge < -0.3 is 9.80 Å². The molecule has 1 amide bonds. The van der Waals surface area contributed by atoms with Crippen molar-refractivity contribution in [2.45, 2.75) is 44.6 Å². The minimum absolute atomic E-state index is 0.105. The van der Waals surface area contributed by atoms with Crippen LogP contribution in [0.5, 0.6) is 0 Å². The van der Waals surface area contributed by atoms with Gasteiger partial charge in [0.05, 0.1) is 10.6 Å². The second-order valence-electron chi connectivity index (χ2n) is 9.97. The van der Waals surface area contributed by atoms with Gasteiger partial charge in [-0.05, 0) is 59.9 Å². The van der Waals surface area contributed by atoms with Gasteiger partial charge in [-0.3, -0.25) is 14.1 Å². The maximum absolute atomic E-state index is 13.9. The Bertz CT molecular complexity index is 1270. The summed E-state index contributed by atoms with van der Waals surface area (Å²) in [4.78, 5) is 21.2. The minimum Gasteiger partial charge on any atom is -0.378 e. The summed E-state index contributed by atoms with van der Waals surface area (Å²) in [5.41, 5.74) is 3.09. The van der Waals surface area contributed by atoms with Gasteiger partial charge in [0.15, 0.2) is 0 Å². The lowest BCUT2D eigenvalue weighted by Crippen LogP contribution is -2.42. The zero-order chi connectivity index (χ0) is 26.5. The molecule has 0 fully saturated rings. The predicted octanol–water partition coefficient (Wildman–Crippen LogP) is 4.69. The normalized spacial score (nSPS) is 11.7. The number of hydrogen-bond donors (Lipinski definition) is 0. The topological polar surface area (TPSA) is 73.8 Å². The number of carbonyl (C=O) groups is 1. The van der Waals surface area contributed by atoms with Crippen molar-refractivity contribution in [2.24, 2.45) is 0 Å². The number of pyridine rings is 1. The lowest BCUT2D eigenvalue weighted by molar-refractivity contribution is -0.129. The van der Waals surface area contributed by atoms with E-state index < -0.39 is 10.0 Å². The van der Waals surface area contributed by atoms with Crippen molar-refractivity contribution in [3.8, 4) is 0 Å². The summed E-state index contributed by atoms with van der Waals surface area (Å²) in [6, 6.07) is 17.8. The van der Waals surface area contributed by atoms with Crippen LogP contribution in [0.2, 0.25) is 0 Å². The molecule has 0 unspecified atom stereocenters. The molecule has 7 nitrogen and oxygen atoms in total. The fourth-order valence-electron chi connectivity index (χ4n) is 3.81. The van der Waals surface area contributed by atoms with Crippen LogP contribution in [0.1, 0.15) is 38.8 Å². The van der Waals surface area contributed by atoms with Crippen LogP contribution < -0.4 is 9.21 Å². The van der Waals surface area contributed by atoms with Gasteiger partial charge in [0.1, 0.15) is 6.54 Å². The van der Waals surface area contributed by atoms with E-state index in [1.165, 1.54) is 4.31 Å². The number of benzene rings is 2. The maximum atomic E-state index is 13.9. The monoisotopic (exact) mass is 508 g/mol. The van der Waals surface area contributed by atoms with Gasteiger partial charge in [-0.1, -0.05) is 45.0 Å². The number of nitrogens with zero attached hydrogens (tertiary/aromatic N) is 4. The van der Waals surface area contributed by atoms with E-state index in [-0.39, 0.29) is 22.8 Å². The molecule has 2 aromatic carbocycles. The molecule has 1 aromatic heterocycles. The van der Waals surface area contributed by atoms with Crippen molar-refractivity contribution >= 4 is 27.3 Å². The Morgan fingerprint density at radius 3 is 2.17 bits per heavy atom. The molecule has 3 aromatic rings. The summed E-state index contributed by atoms with van der Waals surface area (Å²) < 4.78 is 29.0. The Morgan fingerprint density at radius 2 is 1.61 bits per heavy atom. The first-order valence-corrected chi connectivity index (χ1v) is 13.4. The first-order chi connectivity index (χ1) is 16.9. The third-order valence-corrected chi connectivity index (χ3v) is 7.84. The average molecular weight is 509 g/mol. The Kier molecular flexibility index (Phi) is 8.40. The number of sulfonamides is 1. The molecule has 0 aliphatic carbocycles. The second kappa shape index (κ2) is 11.1. The van der Waals surface area contributed by atoms with E-state index in [2.05, 4.69) is 25.8 Å². The molecule has 0 spiro atoms. The van der Waals surface area contributed by atoms with Crippen molar-refractivity contribution in [1.82, 2.24) is 9.88 Å². The van der Waals surface area contributed by atoms with Crippen LogP contribution in [0.3, 0.4) is 0 Å². The number of anilines is 2. The quantitative estimate of drug-likeness (QED) is 0.419. The Labute approximate surface area is 215 Å². The lowest BCUT2D eigenvalue weighted by Gasteiger charge is -2.29. The van der Waals surface area contributed by atoms with Gasteiger partial charge in [-0.15, -0.1) is 0 Å². The second-order valence-corrected chi connectivity index (χ2v) is 11.8. The number of rotatable bonds is 9. The largest absolute Gasteiger partial charge is 0.378 e. The third kappa shape index (κ3) is 6.43. The summed E-state index contributed by atoms with van der Waals surface area (Å²) in [6.45, 7) is 8.61. The standard InChI is InChI=1S/C28H36N4O3S/c1-7-31(20-22-10-9-17-29-19-22)27(33)21-32(25-12-8-11-24(18-25)30(5)6)36(34,35)26-15-13-23(14-16-26)28(2,3)4/h8-19H,7,20-21H2,1-6H3. The SMILES string of the molecule is CCN(Cc1cccnc1)C(=O)CN(c1cccc(N(C)C)c1)S(=O)(=O)c1ccc(C(C)(C)C)cc1. The van der Waals surface area contributed by atoms with Crippen molar-refractivity contribution < 1.29 is 13.2 Å². The fraction of sp³-hybridized carbons (Fsp3) is 0.357. The molecule has 0 radical (unpaired) electrons. The number of amides is 1. The summed E-state index contributed by atoms with van der Waals surface area (Å²) in [6.07, 6.45) is 3.39. The third-order valence-electron chi connectivity index (χ3n) is 6.05. The van der Waals surface area contributed by atoms with Crippen molar-refractivity contribution in [3.63, 3.8) is 0 Å². The highest BCUT2D eigenvalue weighted by molar-refractivity contribution is 7.92. The summed E-state index contributed by atoms with van der Waals surface area (Å²) in [7, 11) is -0.234. The Balaban J connectivity index is 2.00. The van der Waals surface area contributed by atoms with Crippen LogP contribution in [0.15, 0.2) is 78.0 Å². The predicted molar refractivity (Wildman–Crippen MR) is 146 cm³/mol. The molecule has 0 saturated carbocycles. The van der Waals surface area contributed by atoms with Crippen molar-refractivity contribution in [1.29, 1.82) is 0 Å². The van der Waals surface area contributed by atoms with E-state index in [1.54, 1.807) is 47.6 Å². The molecule has 3 rings (SSSR count). The maximum Gasteiger partial charge on any atom is 0.264 e.